The average molecular weight is 453 g/mol. The lowest BCUT2D eigenvalue weighted by atomic mass is 9.98. The number of nitrogens with zero attached hydrogens (tertiary/aromatic N) is 4. The van der Waals surface area contributed by atoms with E-state index in [1.165, 1.54) is 10.5 Å². The fraction of sp³-hybridized carbons (Fsp3) is 0.667. The molecule has 3 rings (SSSR count). The van der Waals surface area contributed by atoms with E-state index in [4.69, 9.17) is 4.74 Å². The van der Waals surface area contributed by atoms with Crippen molar-refractivity contribution in [1.82, 2.24) is 14.2 Å². The van der Waals surface area contributed by atoms with Gasteiger partial charge < -0.3 is 14.5 Å². The van der Waals surface area contributed by atoms with Crippen molar-refractivity contribution in [3.05, 3.63) is 23.9 Å². The lowest BCUT2D eigenvalue weighted by molar-refractivity contribution is -0.137. The first-order valence-electron chi connectivity index (χ1n) is 11.0. The van der Waals surface area contributed by atoms with Crippen LogP contribution in [0.2, 0.25) is 0 Å². The van der Waals surface area contributed by atoms with E-state index in [0.29, 0.717) is 51.3 Å². The van der Waals surface area contributed by atoms with Crippen molar-refractivity contribution >= 4 is 27.7 Å². The molecule has 2 fully saturated rings. The Hall–Kier alpha value is -2.20. The minimum atomic E-state index is -3.28. The molecule has 1 aromatic heterocycles. The highest BCUT2D eigenvalue weighted by molar-refractivity contribution is 7.89. The van der Waals surface area contributed by atoms with E-state index in [9.17, 15) is 18.0 Å². The van der Waals surface area contributed by atoms with Crippen molar-refractivity contribution in [3.8, 4) is 0 Å². The van der Waals surface area contributed by atoms with Crippen molar-refractivity contribution in [2.75, 3.05) is 56.5 Å². The van der Waals surface area contributed by atoms with E-state index in [1.54, 1.807) is 19.1 Å². The molecule has 9 nitrogen and oxygen atoms in total. The quantitative estimate of drug-likeness (QED) is 0.576. The van der Waals surface area contributed by atoms with Crippen LogP contribution >= 0.6 is 0 Å². The molecule has 0 saturated carbocycles. The summed E-state index contributed by atoms with van der Waals surface area (Å²) in [5.41, 5.74) is 0.416. The first-order valence-corrected chi connectivity index (χ1v) is 12.6. The molecule has 172 valence electrons. The molecule has 0 aliphatic carbocycles. The van der Waals surface area contributed by atoms with Crippen molar-refractivity contribution in [2.24, 2.45) is 5.92 Å². The van der Waals surface area contributed by atoms with Crippen LogP contribution in [0.3, 0.4) is 0 Å². The van der Waals surface area contributed by atoms with Gasteiger partial charge in [0, 0.05) is 45.5 Å². The monoisotopic (exact) mass is 452 g/mol. The van der Waals surface area contributed by atoms with Crippen LogP contribution in [0.5, 0.6) is 0 Å². The van der Waals surface area contributed by atoms with Gasteiger partial charge in [-0.3, -0.25) is 4.79 Å². The number of aromatic nitrogens is 1. The van der Waals surface area contributed by atoms with Crippen molar-refractivity contribution in [3.63, 3.8) is 0 Å². The Morgan fingerprint density at radius 2 is 1.87 bits per heavy atom. The van der Waals surface area contributed by atoms with E-state index >= 15 is 0 Å². The number of ether oxygens (including phenoxy) is 1. The van der Waals surface area contributed by atoms with Crippen molar-refractivity contribution in [2.45, 2.75) is 33.1 Å². The summed E-state index contributed by atoms with van der Waals surface area (Å²) in [5.74, 6) is 0.277. The number of piperazine rings is 1. The maximum absolute atomic E-state index is 13.0. The smallest absolute Gasteiger partial charge is 0.339 e. The summed E-state index contributed by atoms with van der Waals surface area (Å²) in [6.45, 7) is 7.14. The van der Waals surface area contributed by atoms with Crippen LogP contribution in [0.4, 0.5) is 5.82 Å². The van der Waals surface area contributed by atoms with Crippen LogP contribution in [0.15, 0.2) is 18.3 Å². The van der Waals surface area contributed by atoms with Gasteiger partial charge in [0.1, 0.15) is 5.82 Å². The maximum Gasteiger partial charge on any atom is 0.339 e. The number of hydrogen-bond acceptors (Lipinski definition) is 7. The third-order valence-electron chi connectivity index (χ3n) is 5.76. The summed E-state index contributed by atoms with van der Waals surface area (Å²) in [5, 5.41) is 0. The number of pyridine rings is 1. The molecule has 1 amide bonds. The number of esters is 1. The van der Waals surface area contributed by atoms with Gasteiger partial charge in [-0.05, 0) is 38.3 Å². The van der Waals surface area contributed by atoms with Crippen LogP contribution < -0.4 is 4.90 Å². The molecule has 1 aromatic rings. The van der Waals surface area contributed by atoms with Gasteiger partial charge in [0.2, 0.25) is 15.9 Å². The lowest BCUT2D eigenvalue weighted by Crippen LogP contribution is -2.53. The van der Waals surface area contributed by atoms with E-state index in [-0.39, 0.29) is 30.1 Å². The fourth-order valence-corrected chi connectivity index (χ4v) is 5.69. The molecule has 1 atom stereocenters. The Labute approximate surface area is 184 Å². The van der Waals surface area contributed by atoms with Gasteiger partial charge in [0.15, 0.2) is 0 Å². The number of anilines is 1. The zero-order valence-electron chi connectivity index (χ0n) is 18.3. The molecule has 2 saturated heterocycles. The molecule has 10 heteroatoms. The van der Waals surface area contributed by atoms with Gasteiger partial charge in [-0.1, -0.05) is 6.92 Å². The predicted octanol–water partition coefficient (Wildman–Crippen LogP) is 1.36. The Kier molecular flexibility index (Phi) is 7.88. The van der Waals surface area contributed by atoms with E-state index in [1.807, 2.05) is 11.8 Å². The number of carbonyl (C=O) groups excluding carboxylic acids is 2. The maximum atomic E-state index is 13.0. The van der Waals surface area contributed by atoms with Crippen LogP contribution in [-0.4, -0.2) is 86.1 Å². The SMILES string of the molecule is CCCS(=O)(=O)N1CCCC(C(=O)N2CCN(c3ccc(C(=O)OCC)cn3)CC2)C1. The number of hydrogen-bond donors (Lipinski definition) is 0. The zero-order valence-corrected chi connectivity index (χ0v) is 19.1. The Bertz CT molecular complexity index is 866. The molecule has 2 aliphatic rings. The molecule has 2 aliphatic heterocycles. The number of rotatable bonds is 7. The summed E-state index contributed by atoms with van der Waals surface area (Å²) in [7, 11) is -3.28. The molecule has 0 spiro atoms. The predicted molar refractivity (Wildman–Crippen MR) is 117 cm³/mol. The first-order chi connectivity index (χ1) is 14.9. The molecule has 0 aromatic carbocycles. The standard InChI is InChI=1S/C21H32N4O5S/c1-3-14-31(28,29)25-9-5-6-18(16-25)20(26)24-12-10-23(11-13-24)19-8-7-17(15-22-19)21(27)30-4-2/h7-8,15,18H,3-6,9-14,16H2,1-2H3. The number of amides is 1. The highest BCUT2D eigenvalue weighted by Crippen LogP contribution is 2.23. The number of carbonyl (C=O) groups is 2. The fourth-order valence-electron chi connectivity index (χ4n) is 4.11. The second-order valence-electron chi connectivity index (χ2n) is 7.95. The average Bonchev–Trinajstić information content (AvgIpc) is 2.79. The summed E-state index contributed by atoms with van der Waals surface area (Å²) >= 11 is 0. The summed E-state index contributed by atoms with van der Waals surface area (Å²) in [6.07, 6.45) is 3.54. The molecule has 1 unspecified atom stereocenters. The van der Waals surface area contributed by atoms with Gasteiger partial charge in [0.25, 0.3) is 0 Å². The Balaban J connectivity index is 1.54. The van der Waals surface area contributed by atoms with Crippen LogP contribution in [-0.2, 0) is 19.6 Å². The number of piperidine rings is 1. The van der Waals surface area contributed by atoms with Gasteiger partial charge in [-0.2, -0.15) is 0 Å². The van der Waals surface area contributed by atoms with E-state index in [2.05, 4.69) is 9.88 Å². The van der Waals surface area contributed by atoms with Gasteiger partial charge in [-0.15, -0.1) is 0 Å². The lowest BCUT2D eigenvalue weighted by Gasteiger charge is -2.39. The minimum Gasteiger partial charge on any atom is -0.462 e. The first kappa shape index (κ1) is 23.5. The molecule has 0 bridgehead atoms. The second kappa shape index (κ2) is 10.4. The normalized spacial score (nSPS) is 20.5. The van der Waals surface area contributed by atoms with Crippen LogP contribution in [0.1, 0.15) is 43.5 Å². The molecular formula is C21H32N4O5S. The number of sulfonamides is 1. The van der Waals surface area contributed by atoms with Gasteiger partial charge >= 0.3 is 5.97 Å². The van der Waals surface area contributed by atoms with E-state index < -0.39 is 10.0 Å². The largest absolute Gasteiger partial charge is 0.462 e. The summed E-state index contributed by atoms with van der Waals surface area (Å²) < 4.78 is 31.3. The summed E-state index contributed by atoms with van der Waals surface area (Å²) in [6, 6.07) is 3.49. The molecule has 0 N–H and O–H groups in total. The topological polar surface area (TPSA) is 100 Å². The van der Waals surface area contributed by atoms with Crippen LogP contribution in [0, 0.1) is 5.92 Å². The highest BCUT2D eigenvalue weighted by Gasteiger charge is 2.34. The Morgan fingerprint density at radius 1 is 1.13 bits per heavy atom. The molecule has 3 heterocycles. The minimum absolute atomic E-state index is 0.0432. The van der Waals surface area contributed by atoms with Crippen LogP contribution in [0.25, 0.3) is 0 Å². The highest BCUT2D eigenvalue weighted by atomic mass is 32.2. The second-order valence-corrected chi connectivity index (χ2v) is 10.0. The summed E-state index contributed by atoms with van der Waals surface area (Å²) in [4.78, 5) is 33.1. The molecule has 31 heavy (non-hydrogen) atoms. The van der Waals surface area contributed by atoms with Crippen molar-refractivity contribution < 1.29 is 22.7 Å². The van der Waals surface area contributed by atoms with Crippen molar-refractivity contribution in [1.29, 1.82) is 0 Å². The third kappa shape index (κ3) is 5.74. The molecular weight excluding hydrogens is 420 g/mol. The molecule has 0 radical (unpaired) electrons. The third-order valence-corrected chi connectivity index (χ3v) is 7.81. The van der Waals surface area contributed by atoms with Gasteiger partial charge in [0.05, 0.1) is 23.8 Å². The zero-order chi connectivity index (χ0) is 22.4. The van der Waals surface area contributed by atoms with E-state index in [0.717, 1.165) is 18.7 Å². The Morgan fingerprint density at radius 3 is 2.48 bits per heavy atom. The van der Waals surface area contributed by atoms with Gasteiger partial charge in [-0.25, -0.2) is 22.5 Å².